The summed E-state index contributed by atoms with van der Waals surface area (Å²) in [5.41, 5.74) is 0.0868. The lowest BCUT2D eigenvalue weighted by molar-refractivity contribution is -0.384. The van der Waals surface area contributed by atoms with E-state index in [1.165, 1.54) is 12.1 Å². The van der Waals surface area contributed by atoms with Crippen molar-refractivity contribution in [2.45, 2.75) is 18.9 Å². The van der Waals surface area contributed by atoms with E-state index in [0.29, 0.717) is 31.6 Å². The van der Waals surface area contributed by atoms with Gasteiger partial charge < -0.3 is 4.90 Å². The highest BCUT2D eigenvalue weighted by Crippen LogP contribution is 2.30. The molecule has 116 valence electrons. The number of sulfonamides is 1. The van der Waals surface area contributed by atoms with Crippen LogP contribution in [0.25, 0.3) is 0 Å². The van der Waals surface area contributed by atoms with Gasteiger partial charge in [-0.05, 0) is 25.0 Å². The number of nitro groups is 1. The molecule has 2 rings (SSSR count). The van der Waals surface area contributed by atoms with Gasteiger partial charge >= 0.3 is 0 Å². The van der Waals surface area contributed by atoms with Crippen molar-refractivity contribution in [3.05, 3.63) is 34.1 Å². The Morgan fingerprint density at radius 3 is 2.52 bits per heavy atom. The Morgan fingerprint density at radius 2 is 2.00 bits per heavy atom. The number of halogens is 1. The van der Waals surface area contributed by atoms with Crippen LogP contribution in [0.2, 0.25) is 0 Å². The Hall–Kier alpha value is -1.74. The van der Waals surface area contributed by atoms with Gasteiger partial charge in [-0.15, -0.1) is 0 Å². The smallest absolute Gasteiger partial charge is 0.295 e. The molecule has 1 saturated heterocycles. The lowest BCUT2D eigenvalue weighted by atomic mass is 10.0. The monoisotopic (exact) mass is 317 g/mol. The van der Waals surface area contributed by atoms with Crippen molar-refractivity contribution < 1.29 is 17.7 Å². The van der Waals surface area contributed by atoms with Crippen LogP contribution in [-0.2, 0) is 10.0 Å². The first-order valence-corrected chi connectivity index (χ1v) is 8.31. The van der Waals surface area contributed by atoms with E-state index in [1.54, 1.807) is 4.90 Å². The summed E-state index contributed by atoms with van der Waals surface area (Å²) in [6.07, 6.45) is 2.19. The van der Waals surface area contributed by atoms with Crippen molar-refractivity contribution in [3.63, 3.8) is 0 Å². The predicted octanol–water partition coefficient (Wildman–Crippen LogP) is 1.25. The molecule has 0 radical (unpaired) electrons. The van der Waals surface area contributed by atoms with Gasteiger partial charge in [0.2, 0.25) is 10.0 Å². The first-order valence-electron chi connectivity index (χ1n) is 6.42. The van der Waals surface area contributed by atoms with Crippen LogP contribution in [0.4, 0.5) is 15.8 Å². The molecule has 0 amide bonds. The van der Waals surface area contributed by atoms with Crippen molar-refractivity contribution in [1.29, 1.82) is 0 Å². The predicted molar refractivity (Wildman–Crippen MR) is 76.3 cm³/mol. The highest BCUT2D eigenvalue weighted by Gasteiger charge is 2.26. The first-order chi connectivity index (χ1) is 9.76. The SMILES string of the molecule is CS(=O)(=O)NC1CCN(c2ccc(F)cc2[N+](=O)[O-])CC1. The summed E-state index contributed by atoms with van der Waals surface area (Å²) in [7, 11) is -3.26. The minimum atomic E-state index is -3.26. The molecule has 0 atom stereocenters. The molecular weight excluding hydrogens is 301 g/mol. The fraction of sp³-hybridized carbons (Fsp3) is 0.500. The molecule has 21 heavy (non-hydrogen) atoms. The molecule has 7 nitrogen and oxygen atoms in total. The molecule has 1 aromatic rings. The Balaban J connectivity index is 2.11. The van der Waals surface area contributed by atoms with Gasteiger partial charge in [0.1, 0.15) is 11.5 Å². The summed E-state index contributed by atoms with van der Waals surface area (Å²) in [6, 6.07) is 3.30. The molecule has 0 aromatic heterocycles. The molecule has 1 N–H and O–H groups in total. The average molecular weight is 317 g/mol. The largest absolute Gasteiger partial charge is 0.366 e. The van der Waals surface area contributed by atoms with Crippen LogP contribution in [0.5, 0.6) is 0 Å². The van der Waals surface area contributed by atoms with E-state index in [2.05, 4.69) is 4.72 Å². The maximum atomic E-state index is 13.1. The van der Waals surface area contributed by atoms with E-state index < -0.39 is 20.8 Å². The number of nitro benzene ring substituents is 1. The van der Waals surface area contributed by atoms with Crippen LogP contribution in [0, 0.1) is 15.9 Å². The van der Waals surface area contributed by atoms with E-state index in [9.17, 15) is 22.9 Å². The summed E-state index contributed by atoms with van der Waals surface area (Å²) < 4.78 is 38.0. The molecule has 1 aliphatic rings. The van der Waals surface area contributed by atoms with Crippen LogP contribution in [0.1, 0.15) is 12.8 Å². The normalized spacial score (nSPS) is 17.0. The third-order valence-corrected chi connectivity index (χ3v) is 4.11. The van der Waals surface area contributed by atoms with Gasteiger partial charge in [0.25, 0.3) is 5.69 Å². The fourth-order valence-electron chi connectivity index (χ4n) is 2.45. The molecule has 0 saturated carbocycles. The first kappa shape index (κ1) is 15.6. The zero-order valence-electron chi connectivity index (χ0n) is 11.5. The van der Waals surface area contributed by atoms with Gasteiger partial charge in [0.15, 0.2) is 0 Å². The topological polar surface area (TPSA) is 92.6 Å². The van der Waals surface area contributed by atoms with Crippen molar-refractivity contribution in [3.8, 4) is 0 Å². The molecule has 1 fully saturated rings. The molecular formula is C12H16FN3O4S. The maximum Gasteiger partial charge on any atom is 0.295 e. The van der Waals surface area contributed by atoms with Gasteiger partial charge in [-0.3, -0.25) is 10.1 Å². The van der Waals surface area contributed by atoms with Gasteiger partial charge in [0, 0.05) is 19.1 Å². The number of hydrogen-bond donors (Lipinski definition) is 1. The number of hydrogen-bond acceptors (Lipinski definition) is 5. The number of benzene rings is 1. The molecule has 1 heterocycles. The van der Waals surface area contributed by atoms with Crippen LogP contribution in [0.15, 0.2) is 18.2 Å². The summed E-state index contributed by atoms with van der Waals surface area (Å²) in [6.45, 7) is 0.944. The highest BCUT2D eigenvalue weighted by molar-refractivity contribution is 7.88. The second kappa shape index (κ2) is 5.94. The second-order valence-corrected chi connectivity index (χ2v) is 6.82. The number of rotatable bonds is 4. The summed E-state index contributed by atoms with van der Waals surface area (Å²) in [5.74, 6) is -0.654. The van der Waals surface area contributed by atoms with Gasteiger partial charge in [-0.1, -0.05) is 0 Å². The van der Waals surface area contributed by atoms with Crippen LogP contribution in [-0.4, -0.2) is 38.7 Å². The number of nitrogens with one attached hydrogen (secondary N) is 1. The average Bonchev–Trinajstić information content (AvgIpc) is 2.38. The lowest BCUT2D eigenvalue weighted by Gasteiger charge is -2.33. The minimum absolute atomic E-state index is 0.171. The van der Waals surface area contributed by atoms with Crippen LogP contribution in [0.3, 0.4) is 0 Å². The lowest BCUT2D eigenvalue weighted by Crippen LogP contribution is -2.44. The molecule has 1 aliphatic heterocycles. The van der Waals surface area contributed by atoms with Crippen molar-refractivity contribution in [2.24, 2.45) is 0 Å². The Labute approximate surface area is 122 Å². The molecule has 0 aliphatic carbocycles. The summed E-state index contributed by atoms with van der Waals surface area (Å²) in [5, 5.41) is 11.0. The van der Waals surface area contributed by atoms with Crippen LogP contribution >= 0.6 is 0 Å². The van der Waals surface area contributed by atoms with E-state index in [4.69, 9.17) is 0 Å². The number of nitrogens with zero attached hydrogens (tertiary/aromatic N) is 2. The molecule has 0 bridgehead atoms. The van der Waals surface area contributed by atoms with Crippen molar-refractivity contribution in [1.82, 2.24) is 4.72 Å². The third-order valence-electron chi connectivity index (χ3n) is 3.35. The Kier molecular flexibility index (Phi) is 4.43. The van der Waals surface area contributed by atoms with E-state index in [0.717, 1.165) is 12.3 Å². The van der Waals surface area contributed by atoms with Gasteiger partial charge in [-0.25, -0.2) is 17.5 Å². The zero-order chi connectivity index (χ0) is 15.6. The summed E-state index contributed by atoms with van der Waals surface area (Å²) >= 11 is 0. The van der Waals surface area contributed by atoms with E-state index >= 15 is 0 Å². The van der Waals surface area contributed by atoms with Gasteiger partial charge in [-0.2, -0.15) is 0 Å². The third kappa shape index (κ3) is 4.11. The molecule has 0 spiro atoms. The van der Waals surface area contributed by atoms with E-state index in [-0.39, 0.29) is 11.7 Å². The quantitative estimate of drug-likeness (QED) is 0.666. The molecule has 1 aromatic carbocycles. The maximum absolute atomic E-state index is 13.1. The molecule has 9 heteroatoms. The number of piperidine rings is 1. The van der Waals surface area contributed by atoms with Crippen molar-refractivity contribution in [2.75, 3.05) is 24.2 Å². The standard InChI is InChI=1S/C12H16FN3O4S/c1-21(19,20)14-10-4-6-15(7-5-10)11-3-2-9(13)8-12(11)16(17)18/h2-3,8,10,14H,4-7H2,1H3. The van der Waals surface area contributed by atoms with Crippen molar-refractivity contribution >= 4 is 21.4 Å². The Bertz CT molecular complexity index is 642. The highest BCUT2D eigenvalue weighted by atomic mass is 32.2. The van der Waals surface area contributed by atoms with Crippen LogP contribution < -0.4 is 9.62 Å². The Morgan fingerprint density at radius 1 is 1.38 bits per heavy atom. The second-order valence-electron chi connectivity index (χ2n) is 5.04. The minimum Gasteiger partial charge on any atom is -0.366 e. The fourth-order valence-corrected chi connectivity index (χ4v) is 3.29. The molecule has 0 unspecified atom stereocenters. The number of anilines is 1. The zero-order valence-corrected chi connectivity index (χ0v) is 12.3. The van der Waals surface area contributed by atoms with E-state index in [1.807, 2.05) is 0 Å². The summed E-state index contributed by atoms with van der Waals surface area (Å²) in [4.78, 5) is 12.2. The van der Waals surface area contributed by atoms with Gasteiger partial charge in [0.05, 0.1) is 17.2 Å².